The van der Waals surface area contributed by atoms with Crippen molar-refractivity contribution in [3.05, 3.63) is 72.6 Å². The van der Waals surface area contributed by atoms with Gasteiger partial charge >= 0.3 is 0 Å². The molecular formula is C40H48N12O4S2. The molecule has 0 amide bonds. The van der Waals surface area contributed by atoms with E-state index in [9.17, 15) is 8.42 Å². The number of fused-ring (bicyclic) bond motifs is 2. The van der Waals surface area contributed by atoms with Crippen LogP contribution in [0.1, 0.15) is 50.9 Å². The summed E-state index contributed by atoms with van der Waals surface area (Å²) < 4.78 is 52.0. The van der Waals surface area contributed by atoms with Gasteiger partial charge in [-0.1, -0.05) is 0 Å². The zero-order chi connectivity index (χ0) is 40.5. The first-order valence-corrected chi connectivity index (χ1v) is 23.5. The number of morpholine rings is 2. The lowest BCUT2D eigenvalue weighted by molar-refractivity contribution is 0.0985. The van der Waals surface area contributed by atoms with Gasteiger partial charge in [0.1, 0.15) is 22.9 Å². The Hall–Kier alpha value is -5.04. The number of H-pyrrole nitrogens is 2. The highest BCUT2D eigenvalue weighted by molar-refractivity contribution is 7.93. The molecule has 0 aromatic carbocycles. The summed E-state index contributed by atoms with van der Waals surface area (Å²) in [6, 6.07) is 12.0. The van der Waals surface area contributed by atoms with Crippen molar-refractivity contribution in [2.24, 2.45) is 0 Å². The summed E-state index contributed by atoms with van der Waals surface area (Å²) in [5.41, 5.74) is 4.73. The molecule has 2 aliphatic carbocycles. The average Bonchev–Trinajstić information content (AvgIpc) is 4.11. The van der Waals surface area contributed by atoms with Crippen molar-refractivity contribution in [2.45, 2.75) is 61.1 Å². The van der Waals surface area contributed by atoms with Crippen molar-refractivity contribution < 1.29 is 17.9 Å². The number of nitrogens with zero attached hydrogens (tertiary/aromatic N) is 8. The molecule has 6 aromatic rings. The third-order valence-electron chi connectivity index (χ3n) is 12.0. The second-order valence-electron chi connectivity index (χ2n) is 16.0. The zero-order valence-corrected chi connectivity index (χ0v) is 34.7. The van der Waals surface area contributed by atoms with E-state index in [1.54, 1.807) is 12.4 Å². The molecule has 10 rings (SSSR count). The monoisotopic (exact) mass is 824 g/mol. The lowest BCUT2D eigenvalue weighted by atomic mass is 10.1. The van der Waals surface area contributed by atoms with E-state index in [0.29, 0.717) is 49.5 Å². The predicted molar refractivity (Wildman–Crippen MR) is 225 cm³/mol. The Morgan fingerprint density at radius 1 is 0.672 bits per heavy atom. The van der Waals surface area contributed by atoms with E-state index in [1.807, 2.05) is 48.8 Å². The lowest BCUT2D eigenvalue weighted by Crippen LogP contribution is -2.44. The van der Waals surface area contributed by atoms with Crippen LogP contribution >= 0.6 is 0 Å². The lowest BCUT2D eigenvalue weighted by Gasteiger charge is -2.35. The van der Waals surface area contributed by atoms with E-state index in [0.717, 1.165) is 83.6 Å². The van der Waals surface area contributed by atoms with Gasteiger partial charge in [0.05, 0.1) is 78.9 Å². The highest BCUT2D eigenvalue weighted by Crippen LogP contribution is 2.54. The minimum absolute atomic E-state index is 0.182. The summed E-state index contributed by atoms with van der Waals surface area (Å²) in [5, 5.41) is 1.89. The minimum atomic E-state index is -2.79. The summed E-state index contributed by atoms with van der Waals surface area (Å²) in [6.45, 7) is 8.26. The van der Waals surface area contributed by atoms with Crippen LogP contribution in [0.5, 0.6) is 0 Å². The van der Waals surface area contributed by atoms with Crippen LogP contribution in [0.25, 0.3) is 44.8 Å². The van der Waals surface area contributed by atoms with Crippen LogP contribution in [-0.2, 0) is 38.4 Å². The molecule has 4 atom stereocenters. The number of anilines is 2. The number of nitrogens with one attached hydrogen (secondary N) is 4. The van der Waals surface area contributed by atoms with Crippen LogP contribution in [0.3, 0.4) is 0 Å². The highest BCUT2D eigenvalue weighted by atomic mass is 32.2. The average molecular weight is 825 g/mol. The molecule has 18 heteroatoms. The molecule has 0 spiro atoms. The number of aromatic amines is 2. The first-order chi connectivity index (χ1) is 27.8. The maximum absolute atomic E-state index is 12.8. The molecular weight excluding hydrogens is 777 g/mol. The maximum Gasteiger partial charge on any atom is 0.162 e. The third kappa shape index (κ3) is 6.78. The molecule has 2 saturated heterocycles. The van der Waals surface area contributed by atoms with Gasteiger partial charge in [0.25, 0.3) is 0 Å². The van der Waals surface area contributed by atoms with Crippen LogP contribution in [0.4, 0.5) is 11.6 Å². The van der Waals surface area contributed by atoms with Crippen LogP contribution < -0.4 is 9.80 Å². The zero-order valence-electron chi connectivity index (χ0n) is 33.0. The van der Waals surface area contributed by atoms with E-state index in [1.165, 1.54) is 12.5 Å². The van der Waals surface area contributed by atoms with E-state index < -0.39 is 29.0 Å². The highest BCUT2D eigenvalue weighted by Gasteiger charge is 2.54. The van der Waals surface area contributed by atoms with Gasteiger partial charge in [-0.05, 0) is 63.8 Å². The van der Waals surface area contributed by atoms with Gasteiger partial charge in [0, 0.05) is 84.4 Å². The Bertz CT molecular complexity index is 2560. The molecule has 0 radical (unpaired) electrons. The Kier molecular flexibility index (Phi) is 9.52. The largest absolute Gasteiger partial charge is 0.377 e. The SMILES string of the molecule is C[C@@H]1COCCN1c1cc(C2([S@@](C)(=N)=O)CC2)nc(-c2ccnc3[nH]ccc23)n1.C[C@@H]1COCCN1c1cc(C2([S@](C)(=N)=O)CC2)nc(-c2ccnc3[nH]ccc23)n1. The van der Waals surface area contributed by atoms with Gasteiger partial charge in [0.2, 0.25) is 0 Å². The molecule has 2 aliphatic heterocycles. The molecule has 8 heterocycles. The molecule has 0 unspecified atom stereocenters. The van der Waals surface area contributed by atoms with Crippen LogP contribution in [0.2, 0.25) is 0 Å². The molecule has 58 heavy (non-hydrogen) atoms. The third-order valence-corrected chi connectivity index (χ3v) is 16.2. The topological polar surface area (TPSA) is 216 Å². The number of hydrogen-bond donors (Lipinski definition) is 4. The quantitative estimate of drug-likeness (QED) is 0.143. The maximum atomic E-state index is 12.8. The second-order valence-corrected chi connectivity index (χ2v) is 20.9. The van der Waals surface area contributed by atoms with E-state index in [-0.39, 0.29) is 12.1 Å². The van der Waals surface area contributed by atoms with Crippen molar-refractivity contribution >= 4 is 53.2 Å². The molecule has 16 nitrogen and oxygen atoms in total. The summed E-state index contributed by atoms with van der Waals surface area (Å²) >= 11 is 0. The van der Waals surface area contributed by atoms with Crippen molar-refractivity contribution in [1.29, 1.82) is 9.56 Å². The molecule has 4 N–H and O–H groups in total. The standard InChI is InChI=1S/2C20H24N6O2S/c2*1-13-12-28-10-9-26(13)17-11-16(20(5-6-20)29(2,21)27)24-19(25-17)15-4-8-23-18-14(15)3-7-22-18/h2*3-4,7-8,11,13,21H,5-6,9-10,12H2,1-2H3,(H,22,23)/t13-,29+;13-,29-/m11/s1. The summed E-state index contributed by atoms with van der Waals surface area (Å²) in [6.07, 6.45) is 13.1. The first kappa shape index (κ1) is 38.5. The molecule has 6 aromatic heterocycles. The number of hydrogen-bond acceptors (Lipinski definition) is 14. The smallest absolute Gasteiger partial charge is 0.162 e. The van der Waals surface area contributed by atoms with Gasteiger partial charge in [-0.25, -0.2) is 38.3 Å². The molecule has 304 valence electrons. The van der Waals surface area contributed by atoms with Crippen LogP contribution in [0.15, 0.2) is 61.2 Å². The normalized spacial score (nSPS) is 23.1. The number of rotatable bonds is 8. The Morgan fingerprint density at radius 2 is 1.09 bits per heavy atom. The fraction of sp³-hybridized carbons (Fsp3) is 0.450. The van der Waals surface area contributed by atoms with Gasteiger partial charge in [-0.3, -0.25) is 9.56 Å². The van der Waals surface area contributed by atoms with Gasteiger partial charge < -0.3 is 29.2 Å². The molecule has 0 bridgehead atoms. The van der Waals surface area contributed by atoms with Crippen molar-refractivity contribution in [2.75, 3.05) is 61.8 Å². The van der Waals surface area contributed by atoms with Gasteiger partial charge in [-0.15, -0.1) is 0 Å². The number of ether oxygens (including phenoxy) is 2. The van der Waals surface area contributed by atoms with Crippen molar-refractivity contribution in [3.63, 3.8) is 0 Å². The van der Waals surface area contributed by atoms with E-state index in [2.05, 4.69) is 43.6 Å². The molecule has 2 saturated carbocycles. The van der Waals surface area contributed by atoms with Crippen molar-refractivity contribution in [1.82, 2.24) is 39.9 Å². The summed E-state index contributed by atoms with van der Waals surface area (Å²) in [5.74, 6) is 2.77. The Balaban J connectivity index is 0.000000150. The van der Waals surface area contributed by atoms with E-state index in [4.69, 9.17) is 39.0 Å². The van der Waals surface area contributed by atoms with Crippen LogP contribution in [-0.4, -0.2) is 112 Å². The number of pyridine rings is 2. The second kappa shape index (κ2) is 14.4. The Labute approximate surface area is 337 Å². The fourth-order valence-electron chi connectivity index (χ4n) is 8.24. The van der Waals surface area contributed by atoms with Gasteiger partial charge in [0.15, 0.2) is 11.6 Å². The summed E-state index contributed by atoms with van der Waals surface area (Å²) in [7, 11) is -5.58. The molecule has 4 aliphatic rings. The van der Waals surface area contributed by atoms with Crippen molar-refractivity contribution in [3.8, 4) is 22.8 Å². The number of aromatic nitrogens is 8. The van der Waals surface area contributed by atoms with Crippen LogP contribution in [0, 0.1) is 9.56 Å². The summed E-state index contributed by atoms with van der Waals surface area (Å²) in [4.78, 5) is 38.9. The predicted octanol–water partition coefficient (Wildman–Crippen LogP) is 5.82. The Morgan fingerprint density at radius 3 is 1.45 bits per heavy atom. The fourth-order valence-corrected chi connectivity index (χ4v) is 11.0. The van der Waals surface area contributed by atoms with Gasteiger partial charge in [-0.2, -0.15) is 0 Å². The molecule has 4 fully saturated rings. The minimum Gasteiger partial charge on any atom is -0.377 e. The van der Waals surface area contributed by atoms with E-state index >= 15 is 0 Å². The first-order valence-electron chi connectivity index (χ1n) is 19.6.